The lowest BCUT2D eigenvalue weighted by molar-refractivity contribution is -0.0647. The molecule has 4 nitrogen and oxygen atoms in total. The van der Waals surface area contributed by atoms with Crippen molar-refractivity contribution >= 4 is 11.6 Å². The van der Waals surface area contributed by atoms with E-state index in [-0.39, 0.29) is 11.3 Å². The molecular weight excluding hydrogens is 298 g/mol. The molecule has 22 heavy (non-hydrogen) atoms. The maximum absolute atomic E-state index is 11.5. The fraction of sp³-hybridized carbons (Fsp3) is 0.529. The van der Waals surface area contributed by atoms with Gasteiger partial charge >= 0.3 is 0 Å². The number of rotatable bonds is 4. The summed E-state index contributed by atoms with van der Waals surface area (Å²) in [6, 6.07) is 7.98. The molecule has 1 heterocycles. The van der Waals surface area contributed by atoms with Crippen molar-refractivity contribution in [2.24, 2.45) is 11.3 Å². The minimum Gasteiger partial charge on any atom is -0.387 e. The lowest BCUT2D eigenvalue weighted by atomic mass is 9.79. The molecule has 5 heteroatoms. The molecule has 0 bridgehead atoms. The first-order valence-corrected chi connectivity index (χ1v) is 8.28. The Hall–Kier alpha value is -1.39. The molecule has 116 valence electrons. The lowest BCUT2D eigenvalue weighted by Crippen LogP contribution is -2.46. The van der Waals surface area contributed by atoms with Gasteiger partial charge in [-0.3, -0.25) is 4.68 Å². The zero-order valence-electron chi connectivity index (χ0n) is 12.5. The largest absolute Gasteiger partial charge is 0.387 e. The minimum atomic E-state index is -0.680. The number of hydrogen-bond donors (Lipinski definition) is 1. The number of aliphatic hydroxyl groups is 1. The van der Waals surface area contributed by atoms with Crippen LogP contribution in [-0.2, 0) is 13.0 Å². The van der Waals surface area contributed by atoms with E-state index >= 15 is 0 Å². The monoisotopic (exact) mass is 317 g/mol. The fourth-order valence-electron chi connectivity index (χ4n) is 4.21. The predicted molar refractivity (Wildman–Crippen MR) is 84.5 cm³/mol. The number of benzene rings is 1. The van der Waals surface area contributed by atoms with E-state index in [0.717, 1.165) is 37.1 Å². The van der Waals surface area contributed by atoms with Gasteiger partial charge < -0.3 is 5.11 Å². The Morgan fingerprint density at radius 1 is 1.23 bits per heavy atom. The first-order valence-electron chi connectivity index (χ1n) is 7.91. The molecule has 0 radical (unpaired) electrons. The van der Waals surface area contributed by atoms with E-state index < -0.39 is 5.60 Å². The molecule has 2 aliphatic carbocycles. The molecule has 0 aliphatic heterocycles. The molecule has 2 aliphatic rings. The van der Waals surface area contributed by atoms with Crippen molar-refractivity contribution in [1.82, 2.24) is 14.8 Å². The van der Waals surface area contributed by atoms with Crippen molar-refractivity contribution in [2.75, 3.05) is 0 Å². The van der Waals surface area contributed by atoms with Crippen LogP contribution < -0.4 is 0 Å². The van der Waals surface area contributed by atoms with E-state index in [2.05, 4.69) is 22.2 Å². The van der Waals surface area contributed by atoms with E-state index in [9.17, 15) is 5.11 Å². The quantitative estimate of drug-likeness (QED) is 0.942. The van der Waals surface area contributed by atoms with Crippen LogP contribution in [0.5, 0.6) is 0 Å². The first-order chi connectivity index (χ1) is 10.6. The van der Waals surface area contributed by atoms with Crippen LogP contribution in [-0.4, -0.2) is 25.5 Å². The number of hydrogen-bond acceptors (Lipinski definition) is 3. The Morgan fingerprint density at radius 3 is 2.64 bits per heavy atom. The van der Waals surface area contributed by atoms with E-state index in [4.69, 9.17) is 11.6 Å². The fourth-order valence-corrected chi connectivity index (χ4v) is 4.33. The van der Waals surface area contributed by atoms with Crippen molar-refractivity contribution in [2.45, 2.75) is 44.2 Å². The summed E-state index contributed by atoms with van der Waals surface area (Å²) in [4.78, 5) is 4.01. The summed E-state index contributed by atoms with van der Waals surface area (Å²) in [5.74, 6) is 0.264. The van der Waals surface area contributed by atoms with Crippen LogP contribution in [0.2, 0.25) is 5.02 Å². The van der Waals surface area contributed by atoms with Gasteiger partial charge in [0.2, 0.25) is 0 Å². The molecular formula is C17H20ClN3O. The minimum absolute atomic E-state index is 0.107. The van der Waals surface area contributed by atoms with Gasteiger partial charge in [0.25, 0.3) is 0 Å². The number of nitrogens with zero attached hydrogens (tertiary/aromatic N) is 3. The highest BCUT2D eigenvalue weighted by molar-refractivity contribution is 6.30. The van der Waals surface area contributed by atoms with Crippen LogP contribution in [0.1, 0.15) is 31.2 Å². The normalized spacial score (nSPS) is 29.1. The smallest absolute Gasteiger partial charge is 0.137 e. The summed E-state index contributed by atoms with van der Waals surface area (Å²) in [5.41, 5.74) is 0.667. The van der Waals surface area contributed by atoms with Crippen LogP contribution in [0.15, 0.2) is 36.9 Å². The van der Waals surface area contributed by atoms with E-state index in [1.54, 1.807) is 11.0 Å². The van der Waals surface area contributed by atoms with E-state index in [1.165, 1.54) is 11.9 Å². The molecule has 2 fully saturated rings. The van der Waals surface area contributed by atoms with Crippen LogP contribution in [0.3, 0.4) is 0 Å². The molecule has 0 amide bonds. The highest BCUT2D eigenvalue weighted by atomic mass is 35.5. The Morgan fingerprint density at radius 2 is 2.00 bits per heavy atom. The number of aromatic nitrogens is 3. The number of halogens is 1. The molecule has 1 aromatic heterocycles. The van der Waals surface area contributed by atoms with Gasteiger partial charge in [0.15, 0.2) is 0 Å². The first kappa shape index (κ1) is 14.2. The molecule has 2 aromatic rings. The van der Waals surface area contributed by atoms with Crippen molar-refractivity contribution in [3.8, 4) is 0 Å². The zero-order valence-corrected chi connectivity index (χ0v) is 13.2. The standard InChI is InChI=1S/C17H20ClN3O/c18-15-3-1-13(2-4-15)9-14-5-6-16(7-8-16)17(14,22)10-21-12-19-11-20-21/h1-4,11-12,14,22H,5-10H2. The summed E-state index contributed by atoms with van der Waals surface area (Å²) in [7, 11) is 0. The lowest BCUT2D eigenvalue weighted by Gasteiger charge is -2.36. The van der Waals surface area contributed by atoms with Crippen molar-refractivity contribution in [3.05, 3.63) is 47.5 Å². The molecule has 2 atom stereocenters. The van der Waals surface area contributed by atoms with Gasteiger partial charge in [-0.15, -0.1) is 0 Å². The van der Waals surface area contributed by atoms with E-state index in [0.29, 0.717) is 6.54 Å². The van der Waals surface area contributed by atoms with Crippen molar-refractivity contribution in [3.63, 3.8) is 0 Å². The Bertz CT molecular complexity index is 651. The Kier molecular flexibility index (Phi) is 3.27. The Labute approximate surface area is 135 Å². The van der Waals surface area contributed by atoms with Gasteiger partial charge in [-0.1, -0.05) is 23.7 Å². The van der Waals surface area contributed by atoms with Crippen LogP contribution in [0.25, 0.3) is 0 Å². The maximum atomic E-state index is 11.5. The average molecular weight is 318 g/mol. The van der Waals surface area contributed by atoms with Crippen LogP contribution in [0, 0.1) is 11.3 Å². The van der Waals surface area contributed by atoms with Crippen LogP contribution in [0.4, 0.5) is 0 Å². The zero-order chi connectivity index (χ0) is 15.2. The third kappa shape index (κ3) is 2.25. The highest BCUT2D eigenvalue weighted by Gasteiger charge is 2.65. The molecule has 2 unspecified atom stereocenters. The maximum Gasteiger partial charge on any atom is 0.137 e. The van der Waals surface area contributed by atoms with Gasteiger partial charge in [0.1, 0.15) is 12.7 Å². The third-order valence-electron chi connectivity index (χ3n) is 5.68. The van der Waals surface area contributed by atoms with Gasteiger partial charge in [-0.2, -0.15) is 5.10 Å². The second-order valence-electron chi connectivity index (χ2n) is 6.86. The molecule has 1 aromatic carbocycles. The summed E-state index contributed by atoms with van der Waals surface area (Å²) in [5, 5.41) is 16.5. The molecule has 2 saturated carbocycles. The second-order valence-corrected chi connectivity index (χ2v) is 7.30. The second kappa shape index (κ2) is 5.07. The third-order valence-corrected chi connectivity index (χ3v) is 5.94. The van der Waals surface area contributed by atoms with Crippen molar-refractivity contribution in [1.29, 1.82) is 0 Å². The summed E-state index contributed by atoms with van der Waals surface area (Å²) in [6.07, 6.45) is 8.59. The average Bonchev–Trinajstić information content (AvgIpc) is 3.07. The summed E-state index contributed by atoms with van der Waals surface area (Å²) < 4.78 is 1.78. The van der Waals surface area contributed by atoms with Crippen LogP contribution >= 0.6 is 11.6 Å². The van der Waals surface area contributed by atoms with Gasteiger partial charge in [0.05, 0.1) is 12.1 Å². The predicted octanol–water partition coefficient (Wildman–Crippen LogP) is 3.10. The van der Waals surface area contributed by atoms with E-state index in [1.807, 2.05) is 12.1 Å². The molecule has 1 spiro atoms. The molecule has 1 N–H and O–H groups in total. The highest BCUT2D eigenvalue weighted by Crippen LogP contribution is 2.66. The Balaban J connectivity index is 1.59. The van der Waals surface area contributed by atoms with Crippen molar-refractivity contribution < 1.29 is 5.11 Å². The molecule has 0 saturated heterocycles. The molecule has 4 rings (SSSR count). The van der Waals surface area contributed by atoms with Gasteiger partial charge in [-0.25, -0.2) is 4.98 Å². The summed E-state index contributed by atoms with van der Waals surface area (Å²) >= 11 is 5.97. The summed E-state index contributed by atoms with van der Waals surface area (Å²) in [6.45, 7) is 0.547. The topological polar surface area (TPSA) is 50.9 Å². The SMILES string of the molecule is OC1(Cn2cncn2)C(Cc2ccc(Cl)cc2)CCC12CC2. The van der Waals surface area contributed by atoms with Gasteiger partial charge in [0, 0.05) is 10.4 Å². The van der Waals surface area contributed by atoms with Gasteiger partial charge in [-0.05, 0) is 55.7 Å².